The van der Waals surface area contributed by atoms with Crippen LogP contribution < -0.4 is 5.73 Å². The normalized spacial score (nSPS) is 18.9. The fourth-order valence-electron chi connectivity index (χ4n) is 3.42. The van der Waals surface area contributed by atoms with E-state index in [-0.39, 0.29) is 5.41 Å². The van der Waals surface area contributed by atoms with Crippen molar-refractivity contribution in [2.75, 3.05) is 5.73 Å². The lowest BCUT2D eigenvalue weighted by Crippen LogP contribution is -2.26. The quantitative estimate of drug-likeness (QED) is 0.721. The van der Waals surface area contributed by atoms with Crippen LogP contribution in [0.3, 0.4) is 0 Å². The van der Waals surface area contributed by atoms with Gasteiger partial charge in [0.1, 0.15) is 0 Å². The molecular weight excluding hydrogens is 218 g/mol. The van der Waals surface area contributed by atoms with Crippen LogP contribution in [0.4, 0.5) is 5.69 Å². The van der Waals surface area contributed by atoms with Gasteiger partial charge in [-0.1, -0.05) is 62.6 Å². The average Bonchev–Trinajstić information content (AvgIpc) is 2.40. The van der Waals surface area contributed by atoms with Gasteiger partial charge in [-0.3, -0.25) is 0 Å². The Morgan fingerprint density at radius 2 is 1.67 bits per heavy atom. The SMILES string of the molecule is CC1(c2ccc3ccccc3c2N)CCCCC1. The molecule has 0 heterocycles. The second-order valence-corrected chi connectivity index (χ2v) is 5.87. The number of nitrogen functional groups attached to an aromatic ring is 1. The van der Waals surface area contributed by atoms with Crippen molar-refractivity contribution in [3.63, 3.8) is 0 Å². The summed E-state index contributed by atoms with van der Waals surface area (Å²) in [7, 11) is 0. The fraction of sp³-hybridized carbons (Fsp3) is 0.412. The lowest BCUT2D eigenvalue weighted by molar-refractivity contribution is 0.321. The van der Waals surface area contributed by atoms with Crippen LogP contribution in [0.5, 0.6) is 0 Å². The number of anilines is 1. The van der Waals surface area contributed by atoms with E-state index in [0.29, 0.717) is 0 Å². The Balaban J connectivity index is 2.14. The number of rotatable bonds is 1. The van der Waals surface area contributed by atoms with Gasteiger partial charge in [0.15, 0.2) is 0 Å². The highest BCUT2D eigenvalue weighted by atomic mass is 14.6. The topological polar surface area (TPSA) is 26.0 Å². The molecule has 0 spiro atoms. The summed E-state index contributed by atoms with van der Waals surface area (Å²) < 4.78 is 0. The first-order valence-electron chi connectivity index (χ1n) is 6.98. The lowest BCUT2D eigenvalue weighted by atomic mass is 9.70. The van der Waals surface area contributed by atoms with E-state index in [4.69, 9.17) is 5.73 Å². The molecule has 1 fully saturated rings. The molecule has 1 heteroatoms. The Labute approximate surface area is 109 Å². The Morgan fingerprint density at radius 1 is 0.944 bits per heavy atom. The van der Waals surface area contributed by atoms with Crippen molar-refractivity contribution in [3.05, 3.63) is 42.0 Å². The maximum absolute atomic E-state index is 6.44. The zero-order chi connectivity index (χ0) is 12.6. The van der Waals surface area contributed by atoms with Crippen LogP contribution in [-0.4, -0.2) is 0 Å². The first-order valence-corrected chi connectivity index (χ1v) is 6.98. The van der Waals surface area contributed by atoms with Crippen LogP contribution in [0.15, 0.2) is 36.4 Å². The summed E-state index contributed by atoms with van der Waals surface area (Å²) in [6.45, 7) is 2.38. The van der Waals surface area contributed by atoms with Crippen LogP contribution in [0.25, 0.3) is 10.8 Å². The van der Waals surface area contributed by atoms with Gasteiger partial charge in [0.05, 0.1) is 0 Å². The summed E-state index contributed by atoms with van der Waals surface area (Å²) in [5.74, 6) is 0. The van der Waals surface area contributed by atoms with Crippen LogP contribution >= 0.6 is 0 Å². The van der Waals surface area contributed by atoms with Gasteiger partial charge < -0.3 is 5.73 Å². The fourth-order valence-corrected chi connectivity index (χ4v) is 3.42. The van der Waals surface area contributed by atoms with Crippen molar-refractivity contribution in [1.29, 1.82) is 0 Å². The zero-order valence-electron chi connectivity index (χ0n) is 11.1. The monoisotopic (exact) mass is 239 g/mol. The molecule has 18 heavy (non-hydrogen) atoms. The highest BCUT2D eigenvalue weighted by molar-refractivity contribution is 5.94. The molecule has 1 nitrogen and oxygen atoms in total. The largest absolute Gasteiger partial charge is 0.398 e. The average molecular weight is 239 g/mol. The second kappa shape index (κ2) is 4.31. The molecule has 1 aliphatic carbocycles. The van der Waals surface area contributed by atoms with Crippen molar-refractivity contribution < 1.29 is 0 Å². The maximum atomic E-state index is 6.44. The van der Waals surface area contributed by atoms with Crippen LogP contribution in [0, 0.1) is 0 Å². The summed E-state index contributed by atoms with van der Waals surface area (Å²) in [6, 6.07) is 12.9. The third-order valence-corrected chi connectivity index (χ3v) is 4.58. The minimum atomic E-state index is 0.284. The van der Waals surface area contributed by atoms with Crippen LogP contribution in [-0.2, 0) is 5.41 Å². The molecule has 0 atom stereocenters. The van der Waals surface area contributed by atoms with E-state index >= 15 is 0 Å². The standard InChI is InChI=1S/C17H21N/c1-17(11-5-2-6-12-17)15-10-9-13-7-3-4-8-14(13)16(15)18/h3-4,7-10H,2,5-6,11-12,18H2,1H3. The van der Waals surface area contributed by atoms with Crippen molar-refractivity contribution in [2.24, 2.45) is 0 Å². The molecule has 2 N–H and O–H groups in total. The van der Waals surface area contributed by atoms with Crippen LogP contribution in [0.2, 0.25) is 0 Å². The van der Waals surface area contributed by atoms with Gasteiger partial charge in [0.2, 0.25) is 0 Å². The molecule has 94 valence electrons. The first kappa shape index (κ1) is 11.6. The van der Waals surface area contributed by atoms with E-state index in [1.54, 1.807) is 0 Å². The molecule has 0 bridgehead atoms. The molecule has 0 unspecified atom stereocenters. The van der Waals surface area contributed by atoms with E-state index in [1.807, 2.05) is 0 Å². The van der Waals surface area contributed by atoms with E-state index in [0.717, 1.165) is 5.69 Å². The van der Waals surface area contributed by atoms with E-state index in [9.17, 15) is 0 Å². The molecule has 1 aliphatic rings. The van der Waals surface area contributed by atoms with Crippen molar-refractivity contribution in [1.82, 2.24) is 0 Å². The molecule has 3 rings (SSSR count). The van der Waals surface area contributed by atoms with Crippen molar-refractivity contribution in [2.45, 2.75) is 44.4 Å². The predicted molar refractivity (Wildman–Crippen MR) is 78.8 cm³/mol. The van der Waals surface area contributed by atoms with E-state index in [2.05, 4.69) is 43.3 Å². The first-order chi connectivity index (χ1) is 8.71. The highest BCUT2D eigenvalue weighted by Gasteiger charge is 2.30. The van der Waals surface area contributed by atoms with Crippen LogP contribution in [0.1, 0.15) is 44.6 Å². The molecule has 2 aromatic rings. The van der Waals surface area contributed by atoms with Crippen molar-refractivity contribution >= 4 is 16.5 Å². The summed E-state index contributed by atoms with van der Waals surface area (Å²) in [5, 5.41) is 2.46. The highest BCUT2D eigenvalue weighted by Crippen LogP contribution is 2.43. The van der Waals surface area contributed by atoms with Gasteiger partial charge in [-0.25, -0.2) is 0 Å². The molecular formula is C17H21N. The molecule has 0 saturated heterocycles. The third-order valence-electron chi connectivity index (χ3n) is 4.58. The third kappa shape index (κ3) is 1.78. The summed E-state index contributed by atoms with van der Waals surface area (Å²) in [6.07, 6.45) is 6.60. The Kier molecular flexibility index (Phi) is 2.77. The smallest absolute Gasteiger partial charge is 0.0431 e. The Hall–Kier alpha value is -1.50. The summed E-state index contributed by atoms with van der Waals surface area (Å²) in [4.78, 5) is 0. The van der Waals surface area contributed by atoms with Gasteiger partial charge in [-0.15, -0.1) is 0 Å². The van der Waals surface area contributed by atoms with E-state index in [1.165, 1.54) is 48.4 Å². The van der Waals surface area contributed by atoms with Gasteiger partial charge >= 0.3 is 0 Å². The molecule has 2 aromatic carbocycles. The maximum Gasteiger partial charge on any atom is 0.0431 e. The zero-order valence-corrected chi connectivity index (χ0v) is 11.1. The minimum Gasteiger partial charge on any atom is -0.398 e. The van der Waals surface area contributed by atoms with Gasteiger partial charge in [0, 0.05) is 11.1 Å². The number of benzene rings is 2. The predicted octanol–water partition coefficient (Wildman–Crippen LogP) is 4.64. The lowest BCUT2D eigenvalue weighted by Gasteiger charge is -2.35. The number of hydrogen-bond acceptors (Lipinski definition) is 1. The second-order valence-electron chi connectivity index (χ2n) is 5.87. The molecule has 0 amide bonds. The van der Waals surface area contributed by atoms with Crippen molar-refractivity contribution in [3.8, 4) is 0 Å². The molecule has 0 aliphatic heterocycles. The molecule has 0 radical (unpaired) electrons. The Morgan fingerprint density at radius 3 is 2.44 bits per heavy atom. The van der Waals surface area contributed by atoms with E-state index < -0.39 is 0 Å². The van der Waals surface area contributed by atoms with Gasteiger partial charge in [-0.05, 0) is 29.2 Å². The number of hydrogen-bond donors (Lipinski definition) is 1. The van der Waals surface area contributed by atoms with Gasteiger partial charge in [0.25, 0.3) is 0 Å². The molecule has 0 aromatic heterocycles. The summed E-state index contributed by atoms with van der Waals surface area (Å²) in [5.41, 5.74) is 9.08. The molecule has 1 saturated carbocycles. The minimum absolute atomic E-state index is 0.284. The Bertz CT molecular complexity index is 565. The number of nitrogens with two attached hydrogens (primary N) is 1. The number of fused-ring (bicyclic) bond motifs is 1. The van der Waals surface area contributed by atoms with Gasteiger partial charge in [-0.2, -0.15) is 0 Å². The summed E-state index contributed by atoms with van der Waals surface area (Å²) >= 11 is 0.